The van der Waals surface area contributed by atoms with E-state index in [4.69, 9.17) is 17.3 Å². The van der Waals surface area contributed by atoms with Crippen molar-refractivity contribution in [1.82, 2.24) is 9.97 Å². The second-order valence-electron chi connectivity index (χ2n) is 6.74. The Hall–Kier alpha value is -2.36. The number of aromatic nitrogens is 2. The van der Waals surface area contributed by atoms with Crippen molar-refractivity contribution in [2.24, 2.45) is 5.73 Å². The van der Waals surface area contributed by atoms with Crippen LogP contribution in [0.4, 0.5) is 0 Å². The number of para-hydroxylation sites is 1. The first kappa shape index (κ1) is 17.1. The van der Waals surface area contributed by atoms with E-state index in [0.29, 0.717) is 0 Å². The van der Waals surface area contributed by atoms with Crippen LogP contribution in [0.5, 0.6) is 0 Å². The van der Waals surface area contributed by atoms with Gasteiger partial charge in [0.05, 0.1) is 16.7 Å². The SMILES string of the molecule is Cc1c(Cl)ccc2c(CCCCN)c(-c3cnc4ccccc4c3)[nH]c12. The van der Waals surface area contributed by atoms with E-state index < -0.39 is 0 Å². The van der Waals surface area contributed by atoms with E-state index in [1.807, 2.05) is 30.5 Å². The average Bonchev–Trinajstić information content (AvgIpc) is 3.04. The van der Waals surface area contributed by atoms with E-state index in [2.05, 4.69) is 35.1 Å². The Balaban J connectivity index is 1.91. The number of hydrogen-bond donors (Lipinski definition) is 2. The second-order valence-corrected chi connectivity index (χ2v) is 7.14. The minimum absolute atomic E-state index is 0.722. The van der Waals surface area contributed by atoms with Crippen LogP contribution in [0.2, 0.25) is 5.02 Å². The van der Waals surface area contributed by atoms with E-state index in [0.717, 1.165) is 64.1 Å². The van der Waals surface area contributed by atoms with Gasteiger partial charge in [-0.25, -0.2) is 0 Å². The quantitative estimate of drug-likeness (QED) is 0.452. The van der Waals surface area contributed by atoms with Gasteiger partial charge in [-0.2, -0.15) is 0 Å². The van der Waals surface area contributed by atoms with Gasteiger partial charge in [-0.15, -0.1) is 0 Å². The van der Waals surface area contributed by atoms with Crippen LogP contribution < -0.4 is 5.73 Å². The topological polar surface area (TPSA) is 54.7 Å². The van der Waals surface area contributed by atoms with Crippen LogP contribution in [-0.2, 0) is 6.42 Å². The number of nitrogens with two attached hydrogens (primary N) is 1. The third kappa shape index (κ3) is 2.98. The predicted molar refractivity (Wildman–Crippen MR) is 111 cm³/mol. The zero-order valence-corrected chi connectivity index (χ0v) is 15.6. The highest BCUT2D eigenvalue weighted by Crippen LogP contribution is 2.35. The summed E-state index contributed by atoms with van der Waals surface area (Å²) in [5, 5.41) is 3.17. The minimum Gasteiger partial charge on any atom is -0.354 e. The number of halogens is 1. The van der Waals surface area contributed by atoms with Gasteiger partial charge in [-0.1, -0.05) is 35.9 Å². The molecular formula is C22H22ClN3. The Kier molecular flexibility index (Phi) is 4.66. The number of aryl methyl sites for hydroxylation is 2. The van der Waals surface area contributed by atoms with E-state index in [9.17, 15) is 0 Å². The fraction of sp³-hybridized carbons (Fsp3) is 0.227. The molecule has 0 spiro atoms. The lowest BCUT2D eigenvalue weighted by Crippen LogP contribution is -1.99. The molecule has 0 fully saturated rings. The van der Waals surface area contributed by atoms with Gasteiger partial charge in [0.2, 0.25) is 0 Å². The lowest BCUT2D eigenvalue weighted by Gasteiger charge is -2.06. The molecule has 2 heterocycles. The summed E-state index contributed by atoms with van der Waals surface area (Å²) >= 11 is 6.35. The molecule has 3 nitrogen and oxygen atoms in total. The molecule has 132 valence electrons. The molecule has 0 radical (unpaired) electrons. The molecule has 0 aliphatic rings. The highest BCUT2D eigenvalue weighted by atomic mass is 35.5. The standard InChI is InChI=1S/C22H22ClN3/c1-14-19(23)10-9-18-17(7-4-5-11-24)22(26-21(14)18)16-12-15-6-2-3-8-20(15)25-13-16/h2-3,6,8-10,12-13,26H,4-5,7,11,24H2,1H3. The Labute approximate surface area is 158 Å². The number of nitrogens with one attached hydrogen (secondary N) is 1. The summed E-state index contributed by atoms with van der Waals surface area (Å²) in [7, 11) is 0. The van der Waals surface area contributed by atoms with E-state index in [1.54, 1.807) is 0 Å². The van der Waals surface area contributed by atoms with Crippen molar-refractivity contribution in [3.8, 4) is 11.3 Å². The van der Waals surface area contributed by atoms with Gasteiger partial charge in [0.15, 0.2) is 0 Å². The molecule has 0 saturated carbocycles. The Morgan fingerprint density at radius 2 is 1.96 bits per heavy atom. The molecule has 0 aliphatic carbocycles. The van der Waals surface area contributed by atoms with Crippen LogP contribution in [0, 0.1) is 6.92 Å². The molecule has 4 aromatic rings. The molecule has 0 atom stereocenters. The lowest BCUT2D eigenvalue weighted by atomic mass is 9.99. The van der Waals surface area contributed by atoms with Crippen LogP contribution in [0.15, 0.2) is 48.7 Å². The third-order valence-corrected chi connectivity index (χ3v) is 5.45. The number of nitrogens with zero attached hydrogens (tertiary/aromatic N) is 1. The van der Waals surface area contributed by atoms with Crippen molar-refractivity contribution in [3.05, 3.63) is 64.8 Å². The number of aromatic amines is 1. The molecule has 0 unspecified atom stereocenters. The van der Waals surface area contributed by atoms with Gasteiger partial charge in [-0.3, -0.25) is 4.98 Å². The summed E-state index contributed by atoms with van der Waals surface area (Å²) in [4.78, 5) is 8.26. The molecule has 3 N–H and O–H groups in total. The molecule has 0 bridgehead atoms. The van der Waals surface area contributed by atoms with Crippen LogP contribution >= 0.6 is 11.6 Å². The Morgan fingerprint density at radius 1 is 1.12 bits per heavy atom. The number of pyridine rings is 1. The number of unbranched alkanes of at least 4 members (excludes halogenated alkanes) is 1. The van der Waals surface area contributed by atoms with Crippen molar-refractivity contribution < 1.29 is 0 Å². The van der Waals surface area contributed by atoms with Gasteiger partial charge < -0.3 is 10.7 Å². The maximum Gasteiger partial charge on any atom is 0.0702 e. The largest absolute Gasteiger partial charge is 0.354 e. The van der Waals surface area contributed by atoms with E-state index in [1.165, 1.54) is 10.9 Å². The smallest absolute Gasteiger partial charge is 0.0702 e. The van der Waals surface area contributed by atoms with Gasteiger partial charge >= 0.3 is 0 Å². The van der Waals surface area contributed by atoms with Gasteiger partial charge in [0.25, 0.3) is 0 Å². The molecule has 2 aromatic carbocycles. The summed E-state index contributed by atoms with van der Waals surface area (Å²) in [6.07, 6.45) is 5.03. The number of hydrogen-bond acceptors (Lipinski definition) is 2. The lowest BCUT2D eigenvalue weighted by molar-refractivity contribution is 0.748. The monoisotopic (exact) mass is 363 g/mol. The third-order valence-electron chi connectivity index (χ3n) is 5.04. The molecule has 0 aliphatic heterocycles. The highest BCUT2D eigenvalue weighted by Gasteiger charge is 2.16. The maximum absolute atomic E-state index is 6.35. The molecule has 0 saturated heterocycles. The fourth-order valence-corrected chi connectivity index (χ4v) is 3.75. The highest BCUT2D eigenvalue weighted by molar-refractivity contribution is 6.32. The average molecular weight is 364 g/mol. The number of H-pyrrole nitrogens is 1. The van der Waals surface area contributed by atoms with Gasteiger partial charge in [0, 0.05) is 27.6 Å². The summed E-state index contributed by atoms with van der Waals surface area (Å²) in [6, 6.07) is 14.5. The summed E-state index contributed by atoms with van der Waals surface area (Å²) in [5.41, 5.74) is 12.5. The minimum atomic E-state index is 0.722. The normalized spacial score (nSPS) is 11.5. The van der Waals surface area contributed by atoms with Crippen molar-refractivity contribution in [2.45, 2.75) is 26.2 Å². The number of rotatable bonds is 5. The zero-order chi connectivity index (χ0) is 18.1. The van der Waals surface area contributed by atoms with Crippen LogP contribution in [0.1, 0.15) is 24.0 Å². The first-order chi connectivity index (χ1) is 12.7. The Morgan fingerprint density at radius 3 is 2.81 bits per heavy atom. The summed E-state index contributed by atoms with van der Waals surface area (Å²) in [5.74, 6) is 0. The van der Waals surface area contributed by atoms with Gasteiger partial charge in [0.1, 0.15) is 0 Å². The van der Waals surface area contributed by atoms with E-state index in [-0.39, 0.29) is 0 Å². The maximum atomic E-state index is 6.35. The summed E-state index contributed by atoms with van der Waals surface area (Å²) in [6.45, 7) is 2.79. The zero-order valence-electron chi connectivity index (χ0n) is 14.8. The van der Waals surface area contributed by atoms with Crippen molar-refractivity contribution >= 4 is 33.4 Å². The fourth-order valence-electron chi connectivity index (χ4n) is 3.59. The molecule has 2 aromatic heterocycles. The van der Waals surface area contributed by atoms with Crippen LogP contribution in [0.3, 0.4) is 0 Å². The van der Waals surface area contributed by atoms with Crippen molar-refractivity contribution in [3.63, 3.8) is 0 Å². The first-order valence-corrected chi connectivity index (χ1v) is 9.41. The summed E-state index contributed by atoms with van der Waals surface area (Å²) < 4.78 is 0. The number of benzene rings is 2. The Bertz CT molecular complexity index is 1080. The molecule has 26 heavy (non-hydrogen) atoms. The first-order valence-electron chi connectivity index (χ1n) is 9.04. The van der Waals surface area contributed by atoms with Crippen LogP contribution in [-0.4, -0.2) is 16.5 Å². The predicted octanol–water partition coefficient (Wildman–Crippen LogP) is 5.63. The second kappa shape index (κ2) is 7.10. The van der Waals surface area contributed by atoms with Crippen LogP contribution in [0.25, 0.3) is 33.1 Å². The van der Waals surface area contributed by atoms with E-state index >= 15 is 0 Å². The molecule has 4 heteroatoms. The van der Waals surface area contributed by atoms with Crippen molar-refractivity contribution in [1.29, 1.82) is 0 Å². The van der Waals surface area contributed by atoms with Gasteiger partial charge in [-0.05, 0) is 62.1 Å². The molecular weight excluding hydrogens is 342 g/mol. The molecule has 4 rings (SSSR count). The number of fused-ring (bicyclic) bond motifs is 2. The molecule has 0 amide bonds. The van der Waals surface area contributed by atoms with Crippen molar-refractivity contribution in [2.75, 3.05) is 6.54 Å².